The third kappa shape index (κ3) is 2.87. The van der Waals surface area contributed by atoms with Gasteiger partial charge in [0.2, 0.25) is 0 Å². The lowest BCUT2D eigenvalue weighted by Crippen LogP contribution is -2.57. The van der Waals surface area contributed by atoms with E-state index in [1.54, 1.807) is 0 Å². The quantitative estimate of drug-likeness (QED) is 0.821. The number of fused-ring (bicyclic) bond motifs is 3. The van der Waals surface area contributed by atoms with Crippen molar-refractivity contribution in [1.29, 1.82) is 0 Å². The molecule has 4 aliphatic rings. The van der Waals surface area contributed by atoms with Crippen LogP contribution in [-0.4, -0.2) is 43.2 Å². The summed E-state index contributed by atoms with van der Waals surface area (Å²) in [5.74, 6) is 2.01. The Morgan fingerprint density at radius 3 is 2.75 bits per heavy atom. The Morgan fingerprint density at radius 1 is 1.21 bits per heavy atom. The predicted molar refractivity (Wildman–Crippen MR) is 114 cm³/mol. The molecule has 152 valence electrons. The van der Waals surface area contributed by atoms with E-state index in [1.165, 1.54) is 69.2 Å². The number of anilines is 1. The van der Waals surface area contributed by atoms with Crippen LogP contribution in [0.3, 0.4) is 0 Å². The maximum atomic E-state index is 12.7. The van der Waals surface area contributed by atoms with Gasteiger partial charge in [-0.15, -0.1) is 0 Å². The summed E-state index contributed by atoms with van der Waals surface area (Å²) < 4.78 is 0. The highest BCUT2D eigenvalue weighted by molar-refractivity contribution is 5.95. The molecule has 0 aromatic heterocycles. The van der Waals surface area contributed by atoms with Crippen molar-refractivity contribution in [2.75, 3.05) is 31.1 Å². The molecule has 1 aromatic carbocycles. The number of hydrogen-bond donors (Lipinski definition) is 1. The summed E-state index contributed by atoms with van der Waals surface area (Å²) in [6, 6.07) is 7.58. The summed E-state index contributed by atoms with van der Waals surface area (Å²) in [5, 5.41) is 3.02. The lowest BCUT2D eigenvalue weighted by Gasteiger charge is -2.55. The molecule has 0 radical (unpaired) electrons. The number of rotatable bonds is 2. The van der Waals surface area contributed by atoms with Gasteiger partial charge in [-0.25, -0.2) is 4.79 Å². The molecule has 3 fully saturated rings. The molecule has 1 aromatic rings. The van der Waals surface area contributed by atoms with E-state index in [-0.39, 0.29) is 11.4 Å². The van der Waals surface area contributed by atoms with Crippen molar-refractivity contribution in [3.63, 3.8) is 0 Å². The van der Waals surface area contributed by atoms with E-state index >= 15 is 0 Å². The first-order chi connectivity index (χ1) is 13.6. The van der Waals surface area contributed by atoms with E-state index in [0.29, 0.717) is 6.54 Å². The lowest BCUT2D eigenvalue weighted by molar-refractivity contribution is -0.0380. The van der Waals surface area contributed by atoms with Gasteiger partial charge in [-0.05, 0) is 76.1 Å². The molecule has 28 heavy (non-hydrogen) atoms. The highest BCUT2D eigenvalue weighted by Gasteiger charge is 2.50. The maximum absolute atomic E-state index is 12.7. The normalized spacial score (nSPS) is 31.2. The fraction of sp³-hybridized carbons (Fsp3) is 0.708. The lowest BCUT2D eigenvalue weighted by atomic mass is 9.61. The van der Waals surface area contributed by atoms with Gasteiger partial charge in [0.05, 0.1) is 0 Å². The van der Waals surface area contributed by atoms with Gasteiger partial charge in [0.1, 0.15) is 0 Å². The zero-order valence-electron chi connectivity index (χ0n) is 17.5. The number of piperidine rings is 1. The SMILES string of the molecule is CCNC(=O)N1CC2(CCN(C3CC4CCCCC43)CC2)c2cc(C)ccc21. The minimum absolute atomic E-state index is 0.0657. The van der Waals surface area contributed by atoms with Gasteiger partial charge in [-0.3, -0.25) is 4.90 Å². The van der Waals surface area contributed by atoms with Gasteiger partial charge in [0.15, 0.2) is 0 Å². The molecule has 2 amide bonds. The highest BCUT2D eigenvalue weighted by atomic mass is 16.2. The van der Waals surface area contributed by atoms with Crippen molar-refractivity contribution in [3.8, 4) is 0 Å². The largest absolute Gasteiger partial charge is 0.338 e. The molecule has 4 nitrogen and oxygen atoms in total. The molecule has 0 bridgehead atoms. The van der Waals surface area contributed by atoms with Crippen molar-refractivity contribution >= 4 is 11.7 Å². The molecular formula is C24H35N3O. The second kappa shape index (κ2) is 7.05. The van der Waals surface area contributed by atoms with Crippen LogP contribution in [0.15, 0.2) is 18.2 Å². The van der Waals surface area contributed by atoms with E-state index in [9.17, 15) is 4.79 Å². The number of carbonyl (C=O) groups excluding carboxylic acids is 1. The Hall–Kier alpha value is -1.55. The smallest absolute Gasteiger partial charge is 0.321 e. The molecule has 2 aliphatic heterocycles. The summed E-state index contributed by atoms with van der Waals surface area (Å²) >= 11 is 0. The number of nitrogens with zero attached hydrogens (tertiary/aromatic N) is 2. The fourth-order valence-electron chi connectivity index (χ4n) is 6.67. The Kier molecular flexibility index (Phi) is 4.65. The number of carbonyl (C=O) groups is 1. The van der Waals surface area contributed by atoms with Gasteiger partial charge in [0.25, 0.3) is 0 Å². The highest BCUT2D eigenvalue weighted by Crippen LogP contribution is 2.51. The van der Waals surface area contributed by atoms with Crippen molar-refractivity contribution < 1.29 is 4.79 Å². The molecule has 1 saturated heterocycles. The number of urea groups is 1. The number of amides is 2. The predicted octanol–water partition coefficient (Wildman–Crippen LogP) is 4.46. The van der Waals surface area contributed by atoms with E-state index < -0.39 is 0 Å². The van der Waals surface area contributed by atoms with Crippen LogP contribution in [0.1, 0.15) is 63.0 Å². The Labute approximate surface area is 169 Å². The second-order valence-electron chi connectivity index (χ2n) is 9.77. The first-order valence-corrected chi connectivity index (χ1v) is 11.5. The van der Waals surface area contributed by atoms with Crippen molar-refractivity contribution in [2.24, 2.45) is 11.8 Å². The zero-order valence-corrected chi connectivity index (χ0v) is 17.5. The third-order valence-electron chi connectivity index (χ3n) is 8.28. The monoisotopic (exact) mass is 381 g/mol. The molecule has 1 N–H and O–H groups in total. The van der Waals surface area contributed by atoms with Crippen molar-refractivity contribution in [2.45, 2.75) is 70.3 Å². The zero-order chi connectivity index (χ0) is 19.3. The van der Waals surface area contributed by atoms with Crippen molar-refractivity contribution in [1.82, 2.24) is 10.2 Å². The molecule has 5 rings (SSSR count). The molecule has 2 aliphatic carbocycles. The van der Waals surface area contributed by atoms with Gasteiger partial charge in [-0.2, -0.15) is 0 Å². The second-order valence-corrected chi connectivity index (χ2v) is 9.77. The van der Waals surface area contributed by atoms with Crippen LogP contribution in [0.2, 0.25) is 0 Å². The minimum Gasteiger partial charge on any atom is -0.338 e. The van der Waals surface area contributed by atoms with E-state index in [1.807, 2.05) is 11.8 Å². The van der Waals surface area contributed by atoms with Gasteiger partial charge in [0, 0.05) is 30.2 Å². The summed E-state index contributed by atoms with van der Waals surface area (Å²) in [6.07, 6.45) is 9.67. The standard InChI is InChI=1S/C24H35N3O/c1-3-25-23(28)27-16-24(20-14-17(2)8-9-21(20)27)10-12-26(13-11-24)22-15-18-6-4-5-7-19(18)22/h8-9,14,18-19,22H,3-7,10-13,15-16H2,1-2H3,(H,25,28). The summed E-state index contributed by atoms with van der Waals surface area (Å²) in [5.41, 5.74) is 4.02. The van der Waals surface area contributed by atoms with E-state index in [2.05, 4.69) is 35.3 Å². The summed E-state index contributed by atoms with van der Waals surface area (Å²) in [4.78, 5) is 17.5. The van der Waals surface area contributed by atoms with Gasteiger partial charge in [-0.1, -0.05) is 37.0 Å². The fourth-order valence-corrected chi connectivity index (χ4v) is 6.67. The van der Waals surface area contributed by atoms with Gasteiger partial charge < -0.3 is 10.2 Å². The average Bonchev–Trinajstić information content (AvgIpc) is 2.98. The van der Waals surface area contributed by atoms with Crippen LogP contribution in [-0.2, 0) is 5.41 Å². The number of hydrogen-bond acceptors (Lipinski definition) is 2. The third-order valence-corrected chi connectivity index (χ3v) is 8.28. The van der Waals surface area contributed by atoms with Crippen LogP contribution < -0.4 is 10.2 Å². The van der Waals surface area contributed by atoms with Crippen LogP contribution in [0.5, 0.6) is 0 Å². The Balaban J connectivity index is 1.34. The van der Waals surface area contributed by atoms with E-state index in [0.717, 1.165) is 30.1 Å². The summed E-state index contributed by atoms with van der Waals surface area (Å²) in [7, 11) is 0. The van der Waals surface area contributed by atoms with Crippen LogP contribution in [0.4, 0.5) is 10.5 Å². The summed E-state index contributed by atoms with van der Waals surface area (Å²) in [6.45, 7) is 8.10. The topological polar surface area (TPSA) is 35.6 Å². The van der Waals surface area contributed by atoms with Gasteiger partial charge >= 0.3 is 6.03 Å². The molecular weight excluding hydrogens is 346 g/mol. The molecule has 2 saturated carbocycles. The average molecular weight is 382 g/mol. The van der Waals surface area contributed by atoms with Crippen molar-refractivity contribution in [3.05, 3.63) is 29.3 Å². The minimum atomic E-state index is 0.0657. The Bertz CT molecular complexity index is 752. The van der Waals surface area contributed by atoms with Crippen LogP contribution in [0.25, 0.3) is 0 Å². The molecule has 1 spiro atoms. The van der Waals surface area contributed by atoms with Crippen LogP contribution >= 0.6 is 0 Å². The number of aryl methyl sites for hydroxylation is 1. The number of benzene rings is 1. The molecule has 3 unspecified atom stereocenters. The number of likely N-dealkylation sites (tertiary alicyclic amines) is 1. The Morgan fingerprint density at radius 2 is 2.00 bits per heavy atom. The molecule has 2 heterocycles. The van der Waals surface area contributed by atoms with E-state index in [4.69, 9.17) is 0 Å². The maximum Gasteiger partial charge on any atom is 0.321 e. The van der Waals surface area contributed by atoms with Crippen LogP contribution in [0, 0.1) is 18.8 Å². The molecule has 4 heteroatoms. The first-order valence-electron chi connectivity index (χ1n) is 11.5. The number of nitrogens with one attached hydrogen (secondary N) is 1. The first kappa shape index (κ1) is 18.5. The molecule has 3 atom stereocenters.